The SMILES string of the molecule is CCCC(CBr)Cc1c(Br)c(C)nn1CC. The molecule has 0 bridgehead atoms. The molecule has 1 atom stereocenters. The molecule has 0 spiro atoms. The van der Waals surface area contributed by atoms with Crippen LogP contribution in [0.5, 0.6) is 0 Å². The molecule has 0 saturated heterocycles. The molecule has 2 nitrogen and oxygen atoms in total. The van der Waals surface area contributed by atoms with Gasteiger partial charge in [0.25, 0.3) is 0 Å². The maximum absolute atomic E-state index is 4.53. The lowest BCUT2D eigenvalue weighted by Crippen LogP contribution is -2.11. The first-order valence-corrected chi connectivity index (χ1v) is 7.83. The molecule has 0 aliphatic carbocycles. The second-order valence-electron chi connectivity index (χ2n) is 4.17. The molecule has 1 rings (SSSR count). The Labute approximate surface area is 115 Å². The van der Waals surface area contributed by atoms with Crippen molar-refractivity contribution in [1.82, 2.24) is 9.78 Å². The molecule has 0 saturated carbocycles. The van der Waals surface area contributed by atoms with Crippen molar-refractivity contribution in [3.05, 3.63) is 15.9 Å². The second-order valence-corrected chi connectivity index (χ2v) is 5.62. The van der Waals surface area contributed by atoms with Crippen LogP contribution in [0.3, 0.4) is 0 Å². The van der Waals surface area contributed by atoms with Gasteiger partial charge in [0, 0.05) is 11.9 Å². The lowest BCUT2D eigenvalue weighted by atomic mass is 10.00. The van der Waals surface area contributed by atoms with Gasteiger partial charge in [0.15, 0.2) is 0 Å². The van der Waals surface area contributed by atoms with Crippen LogP contribution in [0.1, 0.15) is 38.1 Å². The maximum Gasteiger partial charge on any atom is 0.0738 e. The summed E-state index contributed by atoms with van der Waals surface area (Å²) >= 11 is 7.26. The van der Waals surface area contributed by atoms with Crippen molar-refractivity contribution in [1.29, 1.82) is 0 Å². The Morgan fingerprint density at radius 2 is 2.06 bits per heavy atom. The predicted molar refractivity (Wildman–Crippen MR) is 76.2 cm³/mol. The summed E-state index contributed by atoms with van der Waals surface area (Å²) in [5.74, 6) is 0.711. The van der Waals surface area contributed by atoms with Crippen molar-refractivity contribution in [2.75, 3.05) is 5.33 Å². The fraction of sp³-hybridized carbons (Fsp3) is 0.750. The van der Waals surface area contributed by atoms with E-state index >= 15 is 0 Å². The minimum atomic E-state index is 0.711. The Hall–Kier alpha value is 0.170. The molecule has 1 aromatic heterocycles. The molecule has 1 unspecified atom stereocenters. The summed E-state index contributed by atoms with van der Waals surface area (Å²) in [6, 6.07) is 0. The fourth-order valence-corrected chi connectivity index (χ4v) is 2.98. The Morgan fingerprint density at radius 3 is 2.56 bits per heavy atom. The van der Waals surface area contributed by atoms with Crippen molar-refractivity contribution in [3.63, 3.8) is 0 Å². The van der Waals surface area contributed by atoms with Gasteiger partial charge < -0.3 is 0 Å². The number of nitrogens with zero attached hydrogens (tertiary/aromatic N) is 2. The molecule has 0 amide bonds. The Kier molecular flexibility index (Phi) is 6.05. The standard InChI is InChI=1S/C12H20Br2N2/c1-4-6-10(8-13)7-11-12(14)9(3)15-16(11)5-2/h10H,4-8H2,1-3H3. The Bertz CT molecular complexity index is 334. The second kappa shape index (κ2) is 6.80. The highest BCUT2D eigenvalue weighted by atomic mass is 79.9. The third-order valence-electron chi connectivity index (χ3n) is 2.85. The van der Waals surface area contributed by atoms with E-state index in [-0.39, 0.29) is 0 Å². The van der Waals surface area contributed by atoms with E-state index in [2.05, 4.69) is 62.4 Å². The zero-order valence-electron chi connectivity index (χ0n) is 10.3. The number of rotatable bonds is 6. The van der Waals surface area contributed by atoms with Crippen molar-refractivity contribution < 1.29 is 0 Å². The van der Waals surface area contributed by atoms with Crippen LogP contribution >= 0.6 is 31.9 Å². The number of hydrogen-bond acceptors (Lipinski definition) is 1. The van der Waals surface area contributed by atoms with E-state index in [0.717, 1.165) is 24.0 Å². The topological polar surface area (TPSA) is 17.8 Å². The summed E-state index contributed by atoms with van der Waals surface area (Å²) in [6.07, 6.45) is 3.62. The summed E-state index contributed by atoms with van der Waals surface area (Å²) in [7, 11) is 0. The van der Waals surface area contributed by atoms with Gasteiger partial charge in [0.1, 0.15) is 0 Å². The average Bonchev–Trinajstić information content (AvgIpc) is 2.55. The van der Waals surface area contributed by atoms with Crippen LogP contribution < -0.4 is 0 Å². The number of hydrogen-bond donors (Lipinski definition) is 0. The first-order valence-electron chi connectivity index (χ1n) is 5.91. The van der Waals surface area contributed by atoms with Crippen LogP contribution in [-0.2, 0) is 13.0 Å². The van der Waals surface area contributed by atoms with E-state index < -0.39 is 0 Å². The van der Waals surface area contributed by atoms with Gasteiger partial charge in [0.05, 0.1) is 15.9 Å². The summed E-state index contributed by atoms with van der Waals surface area (Å²) in [5, 5.41) is 5.60. The van der Waals surface area contributed by atoms with Crippen LogP contribution in [-0.4, -0.2) is 15.1 Å². The third kappa shape index (κ3) is 3.33. The van der Waals surface area contributed by atoms with Gasteiger partial charge in [0.2, 0.25) is 0 Å². The normalized spacial score (nSPS) is 13.1. The van der Waals surface area contributed by atoms with E-state index in [1.807, 2.05) is 0 Å². The molecule has 4 heteroatoms. The smallest absolute Gasteiger partial charge is 0.0738 e. The van der Waals surface area contributed by atoms with Gasteiger partial charge in [-0.3, -0.25) is 4.68 Å². The van der Waals surface area contributed by atoms with Gasteiger partial charge in [-0.25, -0.2) is 0 Å². The van der Waals surface area contributed by atoms with E-state index in [0.29, 0.717) is 5.92 Å². The van der Waals surface area contributed by atoms with Crippen LogP contribution in [0.15, 0.2) is 4.47 Å². The van der Waals surface area contributed by atoms with E-state index in [9.17, 15) is 0 Å². The molecule has 92 valence electrons. The van der Waals surface area contributed by atoms with Crippen molar-refractivity contribution in [2.24, 2.45) is 5.92 Å². The quantitative estimate of drug-likeness (QED) is 0.697. The molecule has 1 aromatic rings. The molecule has 0 aliphatic heterocycles. The monoisotopic (exact) mass is 350 g/mol. The number of halogens is 2. The highest BCUT2D eigenvalue weighted by molar-refractivity contribution is 9.10. The predicted octanol–water partition coefficient (Wildman–Crippen LogP) is 4.33. The maximum atomic E-state index is 4.53. The minimum absolute atomic E-state index is 0.711. The summed E-state index contributed by atoms with van der Waals surface area (Å²) in [6.45, 7) is 7.39. The zero-order chi connectivity index (χ0) is 12.1. The van der Waals surface area contributed by atoms with Crippen molar-refractivity contribution in [3.8, 4) is 0 Å². The Balaban J connectivity index is 2.85. The molecule has 0 radical (unpaired) electrons. The fourth-order valence-electron chi connectivity index (χ4n) is 1.98. The first-order chi connectivity index (χ1) is 7.63. The summed E-state index contributed by atoms with van der Waals surface area (Å²) in [4.78, 5) is 0. The van der Waals surface area contributed by atoms with Crippen LogP contribution in [0.4, 0.5) is 0 Å². The lowest BCUT2D eigenvalue weighted by Gasteiger charge is -2.14. The van der Waals surface area contributed by atoms with Crippen LogP contribution in [0.2, 0.25) is 0 Å². The third-order valence-corrected chi connectivity index (χ3v) is 4.80. The van der Waals surface area contributed by atoms with E-state index in [1.54, 1.807) is 0 Å². The minimum Gasteiger partial charge on any atom is -0.268 e. The van der Waals surface area contributed by atoms with Gasteiger partial charge in [-0.1, -0.05) is 29.3 Å². The molecular formula is C12H20Br2N2. The first kappa shape index (κ1) is 14.2. The molecule has 16 heavy (non-hydrogen) atoms. The van der Waals surface area contributed by atoms with Crippen LogP contribution in [0, 0.1) is 12.8 Å². The molecule has 1 heterocycles. The molecule has 0 N–H and O–H groups in total. The largest absolute Gasteiger partial charge is 0.268 e. The molecule has 0 aromatic carbocycles. The zero-order valence-corrected chi connectivity index (χ0v) is 13.4. The number of aromatic nitrogens is 2. The van der Waals surface area contributed by atoms with Crippen molar-refractivity contribution in [2.45, 2.75) is 46.6 Å². The number of alkyl halides is 1. The van der Waals surface area contributed by atoms with E-state index in [4.69, 9.17) is 0 Å². The highest BCUT2D eigenvalue weighted by Gasteiger charge is 2.16. The molecular weight excluding hydrogens is 332 g/mol. The Morgan fingerprint density at radius 1 is 1.38 bits per heavy atom. The number of aryl methyl sites for hydroxylation is 2. The van der Waals surface area contributed by atoms with Gasteiger partial charge in [-0.2, -0.15) is 5.10 Å². The van der Waals surface area contributed by atoms with Crippen molar-refractivity contribution >= 4 is 31.9 Å². The summed E-state index contributed by atoms with van der Waals surface area (Å²) in [5.41, 5.74) is 2.44. The highest BCUT2D eigenvalue weighted by Crippen LogP contribution is 2.25. The average molecular weight is 352 g/mol. The lowest BCUT2D eigenvalue weighted by molar-refractivity contribution is 0.500. The van der Waals surface area contributed by atoms with Gasteiger partial charge in [-0.05, 0) is 48.5 Å². The van der Waals surface area contributed by atoms with E-state index in [1.165, 1.54) is 23.0 Å². The van der Waals surface area contributed by atoms with Gasteiger partial charge >= 0.3 is 0 Å². The summed E-state index contributed by atoms with van der Waals surface area (Å²) < 4.78 is 3.31. The molecule has 0 aliphatic rings. The molecule has 0 fully saturated rings. The van der Waals surface area contributed by atoms with Gasteiger partial charge in [-0.15, -0.1) is 0 Å². The van der Waals surface area contributed by atoms with Crippen LogP contribution in [0.25, 0.3) is 0 Å².